The molecule has 8 aromatic rings. The van der Waals surface area contributed by atoms with Gasteiger partial charge in [0.1, 0.15) is 0 Å². The summed E-state index contributed by atoms with van der Waals surface area (Å²) in [6.45, 7) is 4.79. The maximum absolute atomic E-state index is 2.62. The summed E-state index contributed by atoms with van der Waals surface area (Å²) in [4.78, 5) is 5.17. The van der Waals surface area contributed by atoms with E-state index in [4.69, 9.17) is 0 Å². The number of nitrogens with zero attached hydrogens (tertiary/aromatic N) is 2. The van der Waals surface area contributed by atoms with Crippen LogP contribution >= 0.6 is 0 Å². The molecule has 3 aliphatic rings. The third-order valence-electron chi connectivity index (χ3n) is 11.0. The molecule has 8 aromatic carbocycles. The number of para-hydroxylation sites is 3. The second-order valence-corrected chi connectivity index (χ2v) is 18.7. The van der Waals surface area contributed by atoms with Gasteiger partial charge in [-0.3, -0.25) is 0 Å². The van der Waals surface area contributed by atoms with E-state index >= 15 is 0 Å². The topological polar surface area (TPSA) is 6.48 Å². The monoisotopic (exact) mass is 784 g/mol. The molecule has 51 heavy (non-hydrogen) atoms. The Balaban J connectivity index is 1.24. The summed E-state index contributed by atoms with van der Waals surface area (Å²) < 4.78 is 5.69. The van der Waals surface area contributed by atoms with Gasteiger partial charge in [0, 0.05) is 0 Å². The molecule has 0 saturated carbocycles. The van der Waals surface area contributed by atoms with Crippen molar-refractivity contribution in [1.82, 2.24) is 0 Å². The first-order valence-electron chi connectivity index (χ1n) is 17.5. The Morgan fingerprint density at radius 1 is 0.373 bits per heavy atom. The molecule has 0 aromatic heterocycles. The first kappa shape index (κ1) is 29.6. The fourth-order valence-electron chi connectivity index (χ4n) is 8.70. The van der Waals surface area contributed by atoms with Crippen LogP contribution in [0, 0.1) is 0 Å². The Labute approximate surface area is 310 Å². The zero-order valence-corrected chi connectivity index (χ0v) is 31.6. The number of fused-ring (bicyclic) bond motifs is 9. The molecule has 4 heteroatoms. The summed E-state index contributed by atoms with van der Waals surface area (Å²) in [5.74, 6) is 0. The molecule has 0 atom stereocenters. The molecule has 0 amide bonds. The summed E-state index contributed by atoms with van der Waals surface area (Å²) >= 11 is 0.416. The number of hydrogen-bond acceptors (Lipinski definition) is 2. The summed E-state index contributed by atoms with van der Waals surface area (Å²) in [7, 11) is 0. The molecule has 0 unspecified atom stereocenters. The van der Waals surface area contributed by atoms with Crippen LogP contribution in [0.2, 0.25) is 0 Å². The van der Waals surface area contributed by atoms with Crippen molar-refractivity contribution < 1.29 is 0 Å². The molecule has 1 aliphatic carbocycles. The Morgan fingerprint density at radius 2 is 0.784 bits per heavy atom. The quantitative estimate of drug-likeness (QED) is 0.128. The van der Waals surface area contributed by atoms with Crippen LogP contribution in [-0.2, 0) is 5.41 Å². The predicted octanol–water partition coefficient (Wildman–Crippen LogP) is 9.18. The van der Waals surface area contributed by atoms with E-state index in [1.54, 1.807) is 0 Å². The SMILES string of the molecule is CC1(C)c2ccccc2-c2cc3c(cc21)N(c1c2ccccc2c(N2c4ccccc4[Se]c4ccccc42)c2ccccc12)c1ccccc1[Se]3. The average molecular weight is 783 g/mol. The van der Waals surface area contributed by atoms with Crippen LogP contribution in [0.25, 0.3) is 32.7 Å². The van der Waals surface area contributed by atoms with Crippen molar-refractivity contribution in [3.8, 4) is 11.1 Å². The minimum atomic E-state index is -0.0822. The van der Waals surface area contributed by atoms with Gasteiger partial charge in [0.25, 0.3) is 0 Å². The molecule has 2 heterocycles. The molecule has 2 nitrogen and oxygen atoms in total. The molecule has 0 fully saturated rings. The van der Waals surface area contributed by atoms with E-state index in [-0.39, 0.29) is 35.3 Å². The minimum absolute atomic E-state index is 0.0822. The van der Waals surface area contributed by atoms with E-state index in [1.165, 1.54) is 95.8 Å². The molecule has 0 saturated heterocycles. The summed E-state index contributed by atoms with van der Waals surface area (Å²) in [5.41, 5.74) is 13.2. The zero-order valence-electron chi connectivity index (χ0n) is 28.2. The number of benzene rings is 8. The Hall–Kier alpha value is -5.08. The van der Waals surface area contributed by atoms with Crippen molar-refractivity contribution in [2.45, 2.75) is 19.3 Å². The first-order valence-corrected chi connectivity index (χ1v) is 21.0. The molecule has 0 spiro atoms. The van der Waals surface area contributed by atoms with Gasteiger partial charge < -0.3 is 0 Å². The van der Waals surface area contributed by atoms with Crippen molar-refractivity contribution in [1.29, 1.82) is 0 Å². The number of rotatable bonds is 2. The standard InChI is InChI=1S/C47H32N2Se2/c1-47(2)35-20-8-7-15-29(35)34-27-44-40(28-36(34)47)49(39-23-11-14-26-43(39)51-44)46-32-18-5-3-16-30(32)45(31-17-4-6-19-33(31)46)48-37-21-9-12-24-41(37)50-42-25-13-10-22-38(42)48/h3-28H,1-2H3. The van der Waals surface area contributed by atoms with Crippen molar-refractivity contribution in [3.05, 3.63) is 169 Å². The summed E-state index contributed by atoms with van der Waals surface area (Å²) in [5, 5.41) is 5.04. The van der Waals surface area contributed by atoms with Gasteiger partial charge >= 0.3 is 312 Å². The van der Waals surface area contributed by atoms with Crippen LogP contribution in [-0.4, -0.2) is 29.9 Å². The van der Waals surface area contributed by atoms with Crippen LogP contribution in [0.1, 0.15) is 25.0 Å². The van der Waals surface area contributed by atoms with Crippen molar-refractivity contribution in [2.75, 3.05) is 9.80 Å². The average Bonchev–Trinajstić information content (AvgIpc) is 3.39. The molecule has 11 rings (SSSR count). The molecule has 2 aliphatic heterocycles. The second-order valence-electron chi connectivity index (χ2n) is 14.1. The van der Waals surface area contributed by atoms with Gasteiger partial charge in [-0.2, -0.15) is 0 Å². The molecule has 242 valence electrons. The third-order valence-corrected chi connectivity index (χ3v) is 15.7. The van der Waals surface area contributed by atoms with E-state index in [2.05, 4.69) is 181 Å². The number of hydrogen-bond donors (Lipinski definition) is 0. The van der Waals surface area contributed by atoms with E-state index in [1.807, 2.05) is 0 Å². The maximum atomic E-state index is 2.62. The fourth-order valence-corrected chi connectivity index (χ4v) is 13.2. The molecule has 0 radical (unpaired) electrons. The van der Waals surface area contributed by atoms with Gasteiger partial charge in [-0.25, -0.2) is 0 Å². The van der Waals surface area contributed by atoms with Crippen LogP contribution in [0.15, 0.2) is 158 Å². The molecule has 0 bridgehead atoms. The Kier molecular flexibility index (Phi) is 6.37. The first-order chi connectivity index (χ1) is 25.1. The molecule has 0 N–H and O–H groups in total. The number of anilines is 6. The Morgan fingerprint density at radius 3 is 1.31 bits per heavy atom. The van der Waals surface area contributed by atoms with Gasteiger partial charge in [0.15, 0.2) is 0 Å². The van der Waals surface area contributed by atoms with Gasteiger partial charge in [-0.15, -0.1) is 0 Å². The van der Waals surface area contributed by atoms with Gasteiger partial charge in [-0.1, -0.05) is 0 Å². The van der Waals surface area contributed by atoms with Crippen molar-refractivity contribution in [2.24, 2.45) is 0 Å². The van der Waals surface area contributed by atoms with Crippen LogP contribution in [0.5, 0.6) is 0 Å². The molecular weight excluding hydrogens is 750 g/mol. The van der Waals surface area contributed by atoms with Crippen LogP contribution in [0.3, 0.4) is 0 Å². The molecular formula is C47H32N2Se2. The van der Waals surface area contributed by atoms with Crippen molar-refractivity contribution >= 4 is 103 Å². The predicted molar refractivity (Wildman–Crippen MR) is 218 cm³/mol. The summed E-state index contributed by atoms with van der Waals surface area (Å²) in [6.07, 6.45) is 0. The van der Waals surface area contributed by atoms with E-state index < -0.39 is 0 Å². The van der Waals surface area contributed by atoms with E-state index in [9.17, 15) is 0 Å². The zero-order chi connectivity index (χ0) is 33.8. The normalized spacial score (nSPS) is 14.8. The third kappa shape index (κ3) is 4.17. The van der Waals surface area contributed by atoms with Gasteiger partial charge in [-0.05, 0) is 0 Å². The fraction of sp³-hybridized carbons (Fsp3) is 0.0638. The van der Waals surface area contributed by atoms with Crippen LogP contribution < -0.4 is 27.6 Å². The van der Waals surface area contributed by atoms with Gasteiger partial charge in [0.2, 0.25) is 0 Å². The van der Waals surface area contributed by atoms with E-state index in [0.29, 0.717) is 0 Å². The summed E-state index contributed by atoms with van der Waals surface area (Å²) in [6, 6.07) is 59.5. The van der Waals surface area contributed by atoms with E-state index in [0.717, 1.165) is 0 Å². The van der Waals surface area contributed by atoms with Crippen molar-refractivity contribution in [3.63, 3.8) is 0 Å². The van der Waals surface area contributed by atoms with Gasteiger partial charge in [0.05, 0.1) is 0 Å². The van der Waals surface area contributed by atoms with Crippen LogP contribution in [0.4, 0.5) is 34.1 Å². The second kappa shape index (κ2) is 11.0. The Bertz CT molecular complexity index is 2660.